The highest BCUT2D eigenvalue weighted by molar-refractivity contribution is 7.43. The van der Waals surface area contributed by atoms with Crippen LogP contribution >= 0.6 is 25.4 Å². The van der Waals surface area contributed by atoms with Crippen molar-refractivity contribution >= 4 is 74.9 Å². The quantitative estimate of drug-likeness (QED) is 0.0894. The Labute approximate surface area is 481 Å². The summed E-state index contributed by atoms with van der Waals surface area (Å²) in [6, 6.07) is 36.4. The summed E-state index contributed by atoms with van der Waals surface area (Å²) in [6.45, 7) is 25.3. The highest BCUT2D eigenvalue weighted by Gasteiger charge is 2.39. The van der Waals surface area contributed by atoms with Crippen molar-refractivity contribution in [3.63, 3.8) is 0 Å². The zero-order valence-electron chi connectivity index (χ0n) is 49.0. The van der Waals surface area contributed by atoms with Crippen LogP contribution in [0.1, 0.15) is 116 Å². The Morgan fingerprint density at radius 3 is 1.35 bits per heavy atom. The molecule has 0 spiro atoms. The molecule has 0 amide bonds. The predicted molar refractivity (Wildman–Crippen MR) is 326 cm³/mol. The number of benzene rings is 8. The van der Waals surface area contributed by atoms with Gasteiger partial charge < -0.3 is 59.0 Å². The van der Waals surface area contributed by atoms with E-state index in [2.05, 4.69) is 89.2 Å². The van der Waals surface area contributed by atoms with Crippen molar-refractivity contribution in [1.29, 1.82) is 0 Å². The van der Waals surface area contributed by atoms with Crippen LogP contribution in [0.15, 0.2) is 124 Å². The topological polar surface area (TPSA) is 145 Å². The fraction of sp³-hybridized carbons (Fsp3) is 0.308. The van der Waals surface area contributed by atoms with Gasteiger partial charge in [-0.1, -0.05) is 119 Å². The van der Waals surface area contributed by atoms with Crippen LogP contribution in [-0.4, -0.2) is 34.4 Å². The van der Waals surface area contributed by atoms with Gasteiger partial charge in [-0.15, -0.1) is 0 Å². The lowest BCUT2D eigenvalue weighted by atomic mass is 9.81. The van der Waals surface area contributed by atoms with Crippen molar-refractivity contribution < 1.29 is 63.8 Å². The molecule has 0 saturated carbocycles. The Morgan fingerprint density at radius 1 is 0.402 bits per heavy atom. The molecule has 0 fully saturated rings. The molecule has 0 N–H and O–H groups in total. The lowest BCUT2D eigenvalue weighted by Gasteiger charge is -2.31. The third-order valence-electron chi connectivity index (χ3n) is 14.5. The first-order valence-corrected chi connectivity index (χ1v) is 30.2. The molecule has 2 aliphatic rings. The van der Waals surface area contributed by atoms with Gasteiger partial charge >= 0.3 is 31.4 Å². The van der Waals surface area contributed by atoms with Gasteiger partial charge in [-0.05, 0) is 111 Å². The molecule has 82 heavy (non-hydrogen) atoms. The number of hydrogen-bond donors (Lipinski definition) is 0. The molecule has 0 bridgehead atoms. The van der Waals surface area contributed by atoms with Gasteiger partial charge in [0.05, 0.1) is 39.2 Å². The van der Waals surface area contributed by atoms with Crippen molar-refractivity contribution in [2.24, 2.45) is 0 Å². The molecule has 8 aromatic carbocycles. The van der Waals surface area contributed by atoms with Crippen LogP contribution < -0.4 is 46.1 Å². The van der Waals surface area contributed by atoms with E-state index in [0.29, 0.717) is 90.7 Å². The van der Waals surface area contributed by atoms with Gasteiger partial charge in [0.1, 0.15) is 68.5 Å². The first-order valence-electron chi connectivity index (χ1n) is 26.9. The second-order valence-electron chi connectivity index (χ2n) is 24.4. The smallest absolute Gasteiger partial charge is 0.497 e. The molecule has 2 unspecified atom stereocenters. The van der Waals surface area contributed by atoms with Crippen LogP contribution in [0.4, 0.5) is 0 Å². The average Bonchev–Trinajstić information content (AvgIpc) is 2.94. The van der Waals surface area contributed by atoms with Gasteiger partial charge in [0.2, 0.25) is 0 Å². The van der Waals surface area contributed by atoms with Crippen molar-refractivity contribution in [3.05, 3.63) is 143 Å². The monoisotopic (exact) mass is 1160 g/mol. The third kappa shape index (κ3) is 10.5. The number of rotatable bonds is 11. The van der Waals surface area contributed by atoms with Crippen LogP contribution in [0.2, 0.25) is 0 Å². The number of fused-ring (bicyclic) bond motifs is 6. The molecular formula is C65H67O14P3. The largest absolute Gasteiger partial charge is 0.532 e. The van der Waals surface area contributed by atoms with Gasteiger partial charge in [-0.25, -0.2) is 4.79 Å². The maximum Gasteiger partial charge on any atom is 0.532 e. The van der Waals surface area contributed by atoms with E-state index in [-0.39, 0.29) is 0 Å². The molecule has 0 radical (unpaired) electrons. The number of carbonyl (C=O) groups is 1. The molecule has 14 nitrogen and oxygen atoms in total. The lowest BCUT2D eigenvalue weighted by molar-refractivity contribution is 0.0697. The molecule has 2 atom stereocenters. The second-order valence-corrected chi connectivity index (χ2v) is 27.4. The SMILES string of the molecule is COc1cc(-c2cc(OC)cc(C(C)(C)C)c2OP2Oc3cccc4cc5cccc(Op6oc7c(C(C)(C)C)cc(OC)cc7c7cc(OC)cc(C(C)(C)C)c7o6)c5c(c34)O2)c(OP2OC(=O)c3ccccc3O2)c(C(C)(C)C)c1. The molecule has 9 aromatic rings. The Balaban J connectivity index is 1.09. The molecule has 2 aliphatic heterocycles. The summed E-state index contributed by atoms with van der Waals surface area (Å²) in [7, 11) is -0.264. The molecule has 17 heteroatoms. The molecule has 0 saturated heterocycles. The Hall–Kier alpha value is -7.49. The minimum atomic E-state index is -2.31. The minimum Gasteiger partial charge on any atom is -0.497 e. The molecule has 11 rings (SSSR count). The van der Waals surface area contributed by atoms with Crippen LogP contribution in [0.25, 0.3) is 54.6 Å². The van der Waals surface area contributed by atoms with Gasteiger partial charge in [-0.3, -0.25) is 0 Å². The lowest BCUT2D eigenvalue weighted by Crippen LogP contribution is -2.18. The van der Waals surface area contributed by atoms with E-state index in [1.165, 1.54) is 0 Å². The normalized spacial score (nSPS) is 15.2. The summed E-state index contributed by atoms with van der Waals surface area (Å²) in [5, 5.41) is 4.70. The molecule has 426 valence electrons. The predicted octanol–water partition coefficient (Wildman–Crippen LogP) is 19.3. The number of methoxy groups -OCH3 is 4. The summed E-state index contributed by atoms with van der Waals surface area (Å²) >= 11 is 0. The maximum atomic E-state index is 13.5. The van der Waals surface area contributed by atoms with E-state index in [9.17, 15) is 4.79 Å². The van der Waals surface area contributed by atoms with Crippen molar-refractivity contribution in [2.75, 3.05) is 28.4 Å². The van der Waals surface area contributed by atoms with Crippen molar-refractivity contribution in [1.82, 2.24) is 0 Å². The molecule has 0 aliphatic carbocycles. The van der Waals surface area contributed by atoms with Crippen molar-refractivity contribution in [3.8, 4) is 68.6 Å². The molecular weight excluding hydrogens is 1100 g/mol. The maximum absolute atomic E-state index is 13.5. The molecule has 1 aromatic heterocycles. The standard InChI is InChI=1S/C65H67O14P3/c1-62(2,3)47-32-38(67-13)28-43-44-29-39(68-14)33-48(63(4,5)6)57(44)75-80(74-56(43)47)72-52-25-19-21-36-27-37-22-20-26-53-55(37)60(54(36)52)78-81(73-53)76-58-45(30-40(69-15)34-49(58)64(7,8)9)46-31-41(70-16)35-50(65(10,11)12)59(46)77-82-71-51-24-18-17-23-42(51)61(66)79-82/h17-35H,1-16H3. The zero-order chi connectivity index (χ0) is 58.4. The van der Waals surface area contributed by atoms with E-state index in [4.69, 9.17) is 59.0 Å². The molecule has 3 heterocycles. The van der Waals surface area contributed by atoms with Crippen LogP contribution in [0.5, 0.6) is 57.5 Å². The summed E-state index contributed by atoms with van der Waals surface area (Å²) in [5.41, 5.74) is 4.14. The Morgan fingerprint density at radius 2 is 0.841 bits per heavy atom. The van der Waals surface area contributed by atoms with Gasteiger partial charge in [0, 0.05) is 44.2 Å². The Bertz CT molecular complexity index is 3980. The second kappa shape index (κ2) is 21.0. The minimum absolute atomic E-state index is 0.309. The third-order valence-corrected chi connectivity index (χ3v) is 17.5. The van der Waals surface area contributed by atoms with Gasteiger partial charge in [-0.2, -0.15) is 0 Å². The summed E-state index contributed by atoms with van der Waals surface area (Å²) in [4.78, 5) is 13.5. The van der Waals surface area contributed by atoms with Gasteiger partial charge in [0.15, 0.2) is 5.75 Å². The summed E-state index contributed by atoms with van der Waals surface area (Å²) < 4.78 is 85.7. The first-order chi connectivity index (χ1) is 38.8. The highest BCUT2D eigenvalue weighted by atomic mass is 31.2. The first kappa shape index (κ1) is 56.4. The van der Waals surface area contributed by atoms with E-state index < -0.39 is 53.1 Å². The van der Waals surface area contributed by atoms with Crippen LogP contribution in [0, 0.1) is 0 Å². The Kier molecular flexibility index (Phi) is 14.5. The fourth-order valence-corrected chi connectivity index (χ4v) is 13.5. The number of para-hydroxylation sites is 1. The van der Waals surface area contributed by atoms with Crippen LogP contribution in [-0.2, 0) is 26.2 Å². The zero-order valence-corrected chi connectivity index (χ0v) is 51.7. The number of hydrogen-bond acceptors (Lipinski definition) is 14. The highest BCUT2D eigenvalue weighted by Crippen LogP contribution is 2.61. The summed E-state index contributed by atoms with van der Waals surface area (Å²) in [6.07, 6.45) is 0. The number of carbonyl (C=O) groups excluding carboxylic acids is 1. The van der Waals surface area contributed by atoms with Crippen LogP contribution in [0.3, 0.4) is 0 Å². The summed E-state index contributed by atoms with van der Waals surface area (Å²) in [5.74, 6) is 4.59. The average molecular weight is 1170 g/mol. The van der Waals surface area contributed by atoms with E-state index in [1.807, 2.05) is 84.9 Å². The van der Waals surface area contributed by atoms with E-state index in [1.54, 1.807) is 52.7 Å². The van der Waals surface area contributed by atoms with E-state index in [0.717, 1.165) is 49.2 Å². The number of ether oxygens (including phenoxy) is 4. The van der Waals surface area contributed by atoms with E-state index >= 15 is 0 Å². The van der Waals surface area contributed by atoms with Gasteiger partial charge in [0.25, 0.3) is 0 Å². The fourth-order valence-electron chi connectivity index (χ4n) is 10.3. The van der Waals surface area contributed by atoms with Crippen molar-refractivity contribution in [2.45, 2.75) is 105 Å².